The predicted molar refractivity (Wildman–Crippen MR) is 68.7 cm³/mol. The number of amides is 2. The fourth-order valence-electron chi connectivity index (χ4n) is 3.32. The summed E-state index contributed by atoms with van der Waals surface area (Å²) in [6.45, 7) is 7.57. The number of hydrogen-bond donors (Lipinski definition) is 1. The van der Waals surface area contributed by atoms with E-state index < -0.39 is 0 Å². The van der Waals surface area contributed by atoms with E-state index in [0.717, 1.165) is 39.0 Å². The van der Waals surface area contributed by atoms with Crippen LogP contribution in [0.4, 0.5) is 4.79 Å². The van der Waals surface area contributed by atoms with Crippen molar-refractivity contribution in [3.05, 3.63) is 0 Å². The summed E-state index contributed by atoms with van der Waals surface area (Å²) in [5.74, 6) is 1.35. The molecule has 4 nitrogen and oxygen atoms in total. The molecule has 0 aromatic heterocycles. The molecule has 2 N–H and O–H groups in total. The summed E-state index contributed by atoms with van der Waals surface area (Å²) in [4.78, 5) is 16.2. The van der Waals surface area contributed by atoms with Gasteiger partial charge in [-0.05, 0) is 44.9 Å². The number of fused-ring (bicyclic) bond motifs is 1. The average Bonchev–Trinajstić information content (AvgIpc) is 2.73. The highest BCUT2D eigenvalue weighted by atomic mass is 16.2. The summed E-state index contributed by atoms with van der Waals surface area (Å²) in [6, 6.07) is 0.581. The van der Waals surface area contributed by atoms with Crippen LogP contribution >= 0.6 is 0 Å². The lowest BCUT2D eigenvalue weighted by Gasteiger charge is -2.27. The van der Waals surface area contributed by atoms with Crippen molar-refractivity contribution in [3.8, 4) is 0 Å². The highest BCUT2D eigenvalue weighted by Crippen LogP contribution is 2.35. The van der Waals surface area contributed by atoms with Gasteiger partial charge >= 0.3 is 6.03 Å². The minimum atomic E-state index is 0.220. The van der Waals surface area contributed by atoms with Gasteiger partial charge in [0.25, 0.3) is 0 Å². The maximum atomic E-state index is 12.3. The first kappa shape index (κ1) is 12.7. The van der Waals surface area contributed by atoms with Crippen molar-refractivity contribution in [1.82, 2.24) is 9.80 Å². The lowest BCUT2D eigenvalue weighted by Crippen LogP contribution is -2.42. The van der Waals surface area contributed by atoms with Gasteiger partial charge in [0, 0.05) is 32.2 Å². The van der Waals surface area contributed by atoms with Crippen molar-refractivity contribution in [3.63, 3.8) is 0 Å². The molecule has 0 bridgehead atoms. The van der Waals surface area contributed by atoms with Crippen LogP contribution in [-0.4, -0.2) is 48.1 Å². The molecule has 1 heterocycles. The standard InChI is InChI=1S/C13H25N3O/c1-3-15(4-2)13(17)16-8-10-5-6-12(14)7-11(10)9-16/h10-12H,3-9,14H2,1-2H3/t10-,11+,12?/m1/s1. The molecule has 2 aliphatic rings. The maximum absolute atomic E-state index is 12.3. The molecule has 1 aliphatic heterocycles. The second-order valence-electron chi connectivity index (χ2n) is 5.45. The molecule has 1 saturated heterocycles. The Morgan fingerprint density at radius 2 is 1.88 bits per heavy atom. The molecule has 0 aromatic carbocycles. The Kier molecular flexibility index (Phi) is 3.92. The van der Waals surface area contributed by atoms with Crippen molar-refractivity contribution in [2.24, 2.45) is 17.6 Å². The quantitative estimate of drug-likeness (QED) is 0.794. The first-order chi connectivity index (χ1) is 8.15. The van der Waals surface area contributed by atoms with E-state index in [1.165, 1.54) is 6.42 Å². The van der Waals surface area contributed by atoms with E-state index in [0.29, 0.717) is 17.9 Å². The number of carbonyl (C=O) groups is 1. The van der Waals surface area contributed by atoms with Crippen molar-refractivity contribution in [2.45, 2.75) is 39.2 Å². The summed E-state index contributed by atoms with van der Waals surface area (Å²) < 4.78 is 0. The minimum absolute atomic E-state index is 0.220. The Balaban J connectivity index is 1.94. The number of nitrogens with zero attached hydrogens (tertiary/aromatic N) is 2. The van der Waals surface area contributed by atoms with Crippen LogP contribution in [0.3, 0.4) is 0 Å². The maximum Gasteiger partial charge on any atom is 0.319 e. The van der Waals surface area contributed by atoms with Crippen LogP contribution < -0.4 is 5.73 Å². The zero-order valence-corrected chi connectivity index (χ0v) is 11.1. The first-order valence-corrected chi connectivity index (χ1v) is 6.95. The summed E-state index contributed by atoms with van der Waals surface area (Å²) in [6.07, 6.45) is 3.44. The number of carbonyl (C=O) groups excluding carboxylic acids is 1. The van der Waals surface area contributed by atoms with Gasteiger partial charge in [-0.1, -0.05) is 0 Å². The highest BCUT2D eigenvalue weighted by molar-refractivity contribution is 5.74. The van der Waals surface area contributed by atoms with Gasteiger partial charge in [0.15, 0.2) is 0 Å². The molecule has 4 heteroatoms. The van der Waals surface area contributed by atoms with E-state index in [2.05, 4.69) is 0 Å². The van der Waals surface area contributed by atoms with E-state index in [9.17, 15) is 4.79 Å². The van der Waals surface area contributed by atoms with Gasteiger partial charge in [-0.3, -0.25) is 0 Å². The predicted octanol–water partition coefficient (Wildman–Crippen LogP) is 1.51. The molecule has 3 atom stereocenters. The van der Waals surface area contributed by atoms with Gasteiger partial charge in [-0.25, -0.2) is 4.79 Å². The van der Waals surface area contributed by atoms with Crippen LogP contribution in [0.2, 0.25) is 0 Å². The second kappa shape index (κ2) is 5.25. The Bertz CT molecular complexity index is 278. The van der Waals surface area contributed by atoms with Gasteiger partial charge in [-0.2, -0.15) is 0 Å². The van der Waals surface area contributed by atoms with Crippen LogP contribution in [-0.2, 0) is 0 Å². The summed E-state index contributed by atoms with van der Waals surface area (Å²) >= 11 is 0. The molecule has 1 unspecified atom stereocenters. The van der Waals surface area contributed by atoms with Crippen LogP contribution in [0.5, 0.6) is 0 Å². The number of urea groups is 1. The van der Waals surface area contributed by atoms with E-state index in [4.69, 9.17) is 5.73 Å². The van der Waals surface area contributed by atoms with Crippen molar-refractivity contribution in [1.29, 1.82) is 0 Å². The molecule has 2 rings (SSSR count). The molecule has 2 amide bonds. The summed E-state index contributed by atoms with van der Waals surface area (Å²) in [7, 11) is 0. The Morgan fingerprint density at radius 3 is 2.53 bits per heavy atom. The third-order valence-corrected chi connectivity index (χ3v) is 4.39. The molecule has 1 aliphatic carbocycles. The summed E-state index contributed by atoms with van der Waals surface area (Å²) in [5, 5.41) is 0. The van der Waals surface area contributed by atoms with Crippen LogP contribution in [0.1, 0.15) is 33.1 Å². The van der Waals surface area contributed by atoms with E-state index in [-0.39, 0.29) is 6.03 Å². The average molecular weight is 239 g/mol. The van der Waals surface area contributed by atoms with Crippen molar-refractivity contribution >= 4 is 6.03 Å². The largest absolute Gasteiger partial charge is 0.328 e. The van der Waals surface area contributed by atoms with Gasteiger partial charge in [0.1, 0.15) is 0 Å². The molecular formula is C13H25N3O. The molecule has 98 valence electrons. The number of nitrogens with two attached hydrogens (primary N) is 1. The first-order valence-electron chi connectivity index (χ1n) is 6.95. The van der Waals surface area contributed by atoms with Crippen molar-refractivity contribution < 1.29 is 4.79 Å². The van der Waals surface area contributed by atoms with Gasteiger partial charge in [0.2, 0.25) is 0 Å². The van der Waals surface area contributed by atoms with Gasteiger partial charge in [0.05, 0.1) is 0 Å². The SMILES string of the molecule is CCN(CC)C(=O)N1C[C@H]2CCC(N)C[C@H]2C1. The van der Waals surface area contributed by atoms with Crippen LogP contribution in [0, 0.1) is 11.8 Å². The zero-order valence-electron chi connectivity index (χ0n) is 11.1. The molecule has 0 radical (unpaired) electrons. The summed E-state index contributed by atoms with van der Waals surface area (Å²) in [5.41, 5.74) is 6.01. The van der Waals surface area contributed by atoms with Crippen LogP contribution in [0.15, 0.2) is 0 Å². The Hall–Kier alpha value is -0.770. The normalized spacial score (nSPS) is 32.4. The molecular weight excluding hydrogens is 214 g/mol. The van der Waals surface area contributed by atoms with E-state index in [1.54, 1.807) is 0 Å². The smallest absolute Gasteiger partial charge is 0.319 e. The third kappa shape index (κ3) is 2.57. The van der Waals surface area contributed by atoms with Gasteiger partial charge < -0.3 is 15.5 Å². The number of hydrogen-bond acceptors (Lipinski definition) is 2. The number of likely N-dealkylation sites (tertiary alicyclic amines) is 1. The number of rotatable bonds is 2. The third-order valence-electron chi connectivity index (χ3n) is 4.39. The Labute approximate surface area is 104 Å². The van der Waals surface area contributed by atoms with E-state index in [1.807, 2.05) is 23.6 Å². The Morgan fingerprint density at radius 1 is 1.24 bits per heavy atom. The fourth-order valence-corrected chi connectivity index (χ4v) is 3.32. The second-order valence-corrected chi connectivity index (χ2v) is 5.45. The van der Waals surface area contributed by atoms with Crippen molar-refractivity contribution in [2.75, 3.05) is 26.2 Å². The highest BCUT2D eigenvalue weighted by Gasteiger charge is 2.39. The lowest BCUT2D eigenvalue weighted by molar-refractivity contribution is 0.165. The molecule has 0 aromatic rings. The molecule has 0 spiro atoms. The topological polar surface area (TPSA) is 49.6 Å². The zero-order chi connectivity index (χ0) is 12.4. The molecule has 17 heavy (non-hydrogen) atoms. The van der Waals surface area contributed by atoms with Gasteiger partial charge in [-0.15, -0.1) is 0 Å². The fraction of sp³-hybridized carbons (Fsp3) is 0.923. The van der Waals surface area contributed by atoms with E-state index >= 15 is 0 Å². The molecule has 2 fully saturated rings. The monoisotopic (exact) mass is 239 g/mol. The molecule has 1 saturated carbocycles. The lowest BCUT2D eigenvalue weighted by atomic mass is 9.79. The van der Waals surface area contributed by atoms with Crippen LogP contribution in [0.25, 0.3) is 0 Å². The minimum Gasteiger partial charge on any atom is -0.328 e.